The van der Waals surface area contributed by atoms with E-state index >= 15 is 0 Å². The third-order valence-electron chi connectivity index (χ3n) is 5.90. The van der Waals surface area contributed by atoms with E-state index < -0.39 is 6.17 Å². The van der Waals surface area contributed by atoms with Crippen molar-refractivity contribution in [2.45, 2.75) is 37.9 Å². The first-order chi connectivity index (χ1) is 15.5. The summed E-state index contributed by atoms with van der Waals surface area (Å²) in [6.45, 7) is 1.82. The number of benzodiazepines with no additional fused rings is 1. The Labute approximate surface area is 199 Å². The predicted molar refractivity (Wildman–Crippen MR) is 135 cm³/mol. The van der Waals surface area contributed by atoms with Crippen LogP contribution in [0.15, 0.2) is 53.5 Å². The van der Waals surface area contributed by atoms with Crippen LogP contribution in [0, 0.1) is 0 Å². The quantitative estimate of drug-likeness (QED) is 0.585. The van der Waals surface area contributed by atoms with E-state index in [1.54, 1.807) is 18.0 Å². The van der Waals surface area contributed by atoms with Crippen molar-refractivity contribution in [2.24, 2.45) is 4.99 Å². The molecule has 2 aromatic rings. The number of carbonyl (C=O) groups is 1. The fraction of sp³-hybridized carbons (Fsp3) is 0.375. The lowest BCUT2D eigenvalue weighted by Gasteiger charge is -2.24. The Morgan fingerprint density at radius 3 is 2.81 bits per heavy atom. The summed E-state index contributed by atoms with van der Waals surface area (Å²) >= 11 is 11.8. The molecule has 0 aromatic heterocycles. The summed E-state index contributed by atoms with van der Waals surface area (Å²) in [6.07, 6.45) is 3.86. The lowest BCUT2D eigenvalue weighted by atomic mass is 10.0. The van der Waals surface area contributed by atoms with Crippen molar-refractivity contribution in [2.75, 3.05) is 25.0 Å². The number of piperidine rings is 1. The van der Waals surface area contributed by atoms with Crippen LogP contribution in [0.5, 0.6) is 0 Å². The van der Waals surface area contributed by atoms with Crippen molar-refractivity contribution >= 4 is 46.2 Å². The summed E-state index contributed by atoms with van der Waals surface area (Å²) in [4.78, 5) is 19.7. The summed E-state index contributed by atoms with van der Waals surface area (Å²) in [7, 11) is 1.75. The Morgan fingerprint density at radius 2 is 2.06 bits per heavy atom. The number of likely N-dealkylation sites (N-methyl/N-ethyl adjacent to an activating group) is 1. The number of carbonyl (C=O) groups excluding carboxylic acids is 1. The molecule has 2 heterocycles. The smallest absolute Gasteiger partial charge is 0.272 e. The molecule has 4 rings (SSSR count). The summed E-state index contributed by atoms with van der Waals surface area (Å²) in [5, 5.41) is 10.9. The molecule has 2 unspecified atom stereocenters. The standard InChI is InChI=1S/C24H28ClN5OS/c1-30-20-11-10-17(25)15-19(20)21(16-7-3-2-4-8-16)28-22(23(30)31)29-24(32)27-14-12-18-9-5-6-13-26-18/h2-4,7-8,10-11,15,18,22,26H,5-6,9,12-14H2,1H3,(H2,27,29,32). The van der Waals surface area contributed by atoms with Crippen LogP contribution >= 0.6 is 23.8 Å². The van der Waals surface area contributed by atoms with Gasteiger partial charge < -0.3 is 20.9 Å². The van der Waals surface area contributed by atoms with E-state index in [9.17, 15) is 4.79 Å². The number of nitrogens with zero attached hydrogens (tertiary/aromatic N) is 2. The van der Waals surface area contributed by atoms with Gasteiger partial charge in [0.25, 0.3) is 5.91 Å². The minimum Gasteiger partial charge on any atom is -0.363 e. The Bertz CT molecular complexity index is 1010. The van der Waals surface area contributed by atoms with E-state index in [2.05, 4.69) is 16.0 Å². The van der Waals surface area contributed by atoms with Gasteiger partial charge in [0.1, 0.15) is 0 Å². The molecular weight excluding hydrogens is 442 g/mol. The third-order valence-corrected chi connectivity index (χ3v) is 6.40. The minimum absolute atomic E-state index is 0.183. The highest BCUT2D eigenvalue weighted by molar-refractivity contribution is 7.80. The molecular formula is C24H28ClN5OS. The molecule has 1 fully saturated rings. The number of benzene rings is 2. The zero-order valence-electron chi connectivity index (χ0n) is 18.1. The molecule has 32 heavy (non-hydrogen) atoms. The van der Waals surface area contributed by atoms with E-state index in [4.69, 9.17) is 28.8 Å². The summed E-state index contributed by atoms with van der Waals surface area (Å²) < 4.78 is 0. The first kappa shape index (κ1) is 22.7. The van der Waals surface area contributed by atoms with Gasteiger partial charge >= 0.3 is 0 Å². The lowest BCUT2D eigenvalue weighted by molar-refractivity contribution is -0.119. The van der Waals surface area contributed by atoms with Gasteiger partial charge in [-0.15, -0.1) is 0 Å². The number of amides is 1. The maximum absolute atomic E-state index is 13.3. The largest absolute Gasteiger partial charge is 0.363 e. The highest BCUT2D eigenvalue weighted by Gasteiger charge is 2.30. The number of hydrogen-bond donors (Lipinski definition) is 3. The first-order valence-corrected chi connectivity index (χ1v) is 11.8. The summed E-state index contributed by atoms with van der Waals surface area (Å²) in [5.74, 6) is -0.183. The average molecular weight is 470 g/mol. The van der Waals surface area contributed by atoms with Crippen LogP contribution in [0.25, 0.3) is 0 Å². The molecule has 2 aliphatic rings. The van der Waals surface area contributed by atoms with Gasteiger partial charge in [-0.25, -0.2) is 4.99 Å². The summed E-state index contributed by atoms with van der Waals surface area (Å²) in [6, 6.07) is 15.8. The molecule has 0 radical (unpaired) electrons. The van der Waals surface area contributed by atoms with Gasteiger partial charge in [-0.05, 0) is 56.2 Å². The molecule has 1 saturated heterocycles. The van der Waals surface area contributed by atoms with Crippen LogP contribution in [0.4, 0.5) is 5.69 Å². The lowest BCUT2D eigenvalue weighted by Crippen LogP contribution is -2.49. The number of fused-ring (bicyclic) bond motifs is 1. The topological polar surface area (TPSA) is 68.8 Å². The second-order valence-corrected chi connectivity index (χ2v) is 8.99. The van der Waals surface area contributed by atoms with Gasteiger partial charge in [0.05, 0.1) is 11.4 Å². The Kier molecular flexibility index (Phi) is 7.40. The predicted octanol–water partition coefficient (Wildman–Crippen LogP) is 3.48. The zero-order chi connectivity index (χ0) is 22.5. The highest BCUT2D eigenvalue weighted by Crippen LogP contribution is 2.29. The first-order valence-electron chi connectivity index (χ1n) is 11.0. The molecule has 2 aromatic carbocycles. The number of rotatable bonds is 5. The monoisotopic (exact) mass is 469 g/mol. The van der Waals surface area contributed by atoms with Crippen LogP contribution in [0.3, 0.4) is 0 Å². The van der Waals surface area contributed by atoms with E-state index in [1.807, 2.05) is 42.5 Å². The molecule has 0 saturated carbocycles. The van der Waals surface area contributed by atoms with E-state index in [0.29, 0.717) is 21.9 Å². The second kappa shape index (κ2) is 10.4. The van der Waals surface area contributed by atoms with Crippen molar-refractivity contribution < 1.29 is 4.79 Å². The van der Waals surface area contributed by atoms with E-state index in [1.165, 1.54) is 19.3 Å². The van der Waals surface area contributed by atoms with Crippen LogP contribution in [0.2, 0.25) is 5.02 Å². The minimum atomic E-state index is -0.839. The van der Waals surface area contributed by atoms with Crippen LogP contribution in [0.1, 0.15) is 36.8 Å². The number of aliphatic imine (C=N–C) groups is 1. The van der Waals surface area contributed by atoms with Gasteiger partial charge in [0.15, 0.2) is 5.11 Å². The maximum Gasteiger partial charge on any atom is 0.272 e. The second-order valence-electron chi connectivity index (χ2n) is 8.14. The molecule has 168 valence electrons. The van der Waals surface area contributed by atoms with Crippen molar-refractivity contribution in [1.82, 2.24) is 16.0 Å². The van der Waals surface area contributed by atoms with Gasteiger partial charge in [0, 0.05) is 35.8 Å². The molecule has 1 amide bonds. The van der Waals surface area contributed by atoms with Gasteiger partial charge in [-0.2, -0.15) is 0 Å². The zero-order valence-corrected chi connectivity index (χ0v) is 19.7. The van der Waals surface area contributed by atoms with Crippen molar-refractivity contribution in [3.63, 3.8) is 0 Å². The van der Waals surface area contributed by atoms with Crippen LogP contribution in [-0.4, -0.2) is 49.1 Å². The molecule has 3 N–H and O–H groups in total. The molecule has 0 spiro atoms. The van der Waals surface area contributed by atoms with Gasteiger partial charge in [-0.1, -0.05) is 48.4 Å². The molecule has 8 heteroatoms. The number of halogens is 1. The van der Waals surface area contributed by atoms with Crippen LogP contribution < -0.4 is 20.9 Å². The van der Waals surface area contributed by atoms with Crippen molar-refractivity contribution in [1.29, 1.82) is 0 Å². The SMILES string of the molecule is CN1C(=O)C(NC(=S)NCCC2CCCCN2)N=C(c2ccccc2)c2cc(Cl)ccc21. The highest BCUT2D eigenvalue weighted by atomic mass is 35.5. The number of anilines is 1. The normalized spacial score (nSPS) is 20.8. The van der Waals surface area contributed by atoms with Gasteiger partial charge in [0.2, 0.25) is 6.17 Å². The molecule has 6 nitrogen and oxygen atoms in total. The Hall–Kier alpha value is -2.48. The van der Waals surface area contributed by atoms with Gasteiger partial charge in [-0.3, -0.25) is 4.79 Å². The van der Waals surface area contributed by atoms with Crippen molar-refractivity contribution in [3.8, 4) is 0 Å². The Morgan fingerprint density at radius 1 is 1.25 bits per heavy atom. The summed E-state index contributed by atoms with van der Waals surface area (Å²) in [5.41, 5.74) is 3.18. The van der Waals surface area contributed by atoms with E-state index in [-0.39, 0.29) is 5.91 Å². The molecule has 0 aliphatic carbocycles. The number of nitrogens with one attached hydrogen (secondary N) is 3. The maximum atomic E-state index is 13.3. The number of thiocarbonyl (C=S) groups is 1. The molecule has 2 atom stereocenters. The van der Waals surface area contributed by atoms with Crippen molar-refractivity contribution in [3.05, 3.63) is 64.7 Å². The fourth-order valence-electron chi connectivity index (χ4n) is 4.17. The fourth-order valence-corrected chi connectivity index (χ4v) is 4.56. The number of hydrogen-bond acceptors (Lipinski definition) is 4. The van der Waals surface area contributed by atoms with E-state index in [0.717, 1.165) is 36.3 Å². The average Bonchev–Trinajstić information content (AvgIpc) is 2.91. The van der Waals surface area contributed by atoms with Crippen LogP contribution in [-0.2, 0) is 4.79 Å². The third kappa shape index (κ3) is 5.28. The Balaban J connectivity index is 1.54. The molecule has 0 bridgehead atoms. The molecule has 2 aliphatic heterocycles.